The minimum atomic E-state index is 0.560. The van der Waals surface area contributed by atoms with Crippen LogP contribution in [-0.4, -0.2) is 6.04 Å². The monoisotopic (exact) mass is 233 g/mol. The summed E-state index contributed by atoms with van der Waals surface area (Å²) >= 11 is 0. The van der Waals surface area contributed by atoms with E-state index in [2.05, 4.69) is 58.1 Å². The van der Waals surface area contributed by atoms with Crippen LogP contribution in [0, 0.1) is 12.8 Å². The van der Waals surface area contributed by atoms with Crippen LogP contribution < -0.4 is 5.32 Å². The van der Waals surface area contributed by atoms with E-state index in [1.165, 1.54) is 29.7 Å². The van der Waals surface area contributed by atoms with Crippen LogP contribution in [-0.2, 0) is 6.42 Å². The Balaban J connectivity index is 2.53. The van der Waals surface area contributed by atoms with E-state index in [9.17, 15) is 0 Å². The Bertz CT molecular complexity index is 341. The SMILES string of the molecule is CCc1ccc(NC(C)CCC(C)C)cc1C. The highest BCUT2D eigenvalue weighted by atomic mass is 14.9. The molecule has 17 heavy (non-hydrogen) atoms. The molecule has 96 valence electrons. The summed E-state index contributed by atoms with van der Waals surface area (Å²) in [5.41, 5.74) is 4.11. The maximum absolute atomic E-state index is 3.59. The van der Waals surface area contributed by atoms with Crippen molar-refractivity contribution in [1.29, 1.82) is 0 Å². The summed E-state index contributed by atoms with van der Waals surface area (Å²) in [6, 6.07) is 7.28. The van der Waals surface area contributed by atoms with Crippen molar-refractivity contribution in [2.24, 2.45) is 5.92 Å². The molecule has 0 aliphatic carbocycles. The molecule has 1 rings (SSSR count). The fourth-order valence-electron chi connectivity index (χ4n) is 2.12. The van der Waals surface area contributed by atoms with Crippen molar-refractivity contribution in [1.82, 2.24) is 0 Å². The van der Waals surface area contributed by atoms with E-state index in [4.69, 9.17) is 0 Å². The average Bonchev–Trinajstić information content (AvgIpc) is 2.26. The maximum atomic E-state index is 3.59. The lowest BCUT2D eigenvalue weighted by atomic mass is 10.0. The molecule has 0 aliphatic rings. The predicted octanol–water partition coefficient (Wildman–Crippen LogP) is 4.79. The molecule has 1 aromatic carbocycles. The summed E-state index contributed by atoms with van der Waals surface area (Å²) in [7, 11) is 0. The predicted molar refractivity (Wildman–Crippen MR) is 77.7 cm³/mol. The molecule has 1 unspecified atom stereocenters. The van der Waals surface area contributed by atoms with Gasteiger partial charge in [0.1, 0.15) is 0 Å². The molecule has 1 atom stereocenters. The molecule has 0 spiro atoms. The Morgan fingerprint density at radius 1 is 1.12 bits per heavy atom. The summed E-state index contributed by atoms with van der Waals surface area (Å²) in [4.78, 5) is 0. The largest absolute Gasteiger partial charge is 0.383 e. The van der Waals surface area contributed by atoms with Gasteiger partial charge in [-0.2, -0.15) is 0 Å². The smallest absolute Gasteiger partial charge is 0.0345 e. The number of aryl methyl sites for hydroxylation is 2. The first-order chi connectivity index (χ1) is 8.02. The maximum Gasteiger partial charge on any atom is 0.0345 e. The van der Waals surface area contributed by atoms with Crippen molar-refractivity contribution >= 4 is 5.69 Å². The zero-order valence-electron chi connectivity index (χ0n) is 12.0. The molecule has 0 heterocycles. The van der Waals surface area contributed by atoms with Gasteiger partial charge in [0.25, 0.3) is 0 Å². The van der Waals surface area contributed by atoms with Gasteiger partial charge in [-0.25, -0.2) is 0 Å². The second-order valence-electron chi connectivity index (χ2n) is 5.51. The van der Waals surface area contributed by atoms with E-state index in [0.717, 1.165) is 12.3 Å². The molecule has 1 nitrogen and oxygen atoms in total. The van der Waals surface area contributed by atoms with Crippen molar-refractivity contribution in [2.75, 3.05) is 5.32 Å². The first kappa shape index (κ1) is 14.1. The highest BCUT2D eigenvalue weighted by Crippen LogP contribution is 2.18. The van der Waals surface area contributed by atoms with Gasteiger partial charge in [-0.15, -0.1) is 0 Å². The lowest BCUT2D eigenvalue weighted by Crippen LogP contribution is -2.15. The van der Waals surface area contributed by atoms with Crippen LogP contribution >= 0.6 is 0 Å². The van der Waals surface area contributed by atoms with Crippen LogP contribution in [0.4, 0.5) is 5.69 Å². The minimum absolute atomic E-state index is 0.560. The van der Waals surface area contributed by atoms with Crippen LogP contribution in [0.15, 0.2) is 18.2 Å². The third kappa shape index (κ3) is 4.80. The summed E-state index contributed by atoms with van der Waals surface area (Å²) in [6.07, 6.45) is 3.65. The number of hydrogen-bond donors (Lipinski definition) is 1. The number of benzene rings is 1. The number of anilines is 1. The summed E-state index contributed by atoms with van der Waals surface area (Å²) in [5, 5.41) is 3.59. The summed E-state index contributed by atoms with van der Waals surface area (Å²) in [6.45, 7) is 11.2. The summed E-state index contributed by atoms with van der Waals surface area (Å²) < 4.78 is 0. The van der Waals surface area contributed by atoms with Crippen LogP contribution in [0.5, 0.6) is 0 Å². The molecule has 1 N–H and O–H groups in total. The molecule has 0 radical (unpaired) electrons. The zero-order valence-corrected chi connectivity index (χ0v) is 12.0. The number of nitrogens with one attached hydrogen (secondary N) is 1. The van der Waals surface area contributed by atoms with Gasteiger partial charge < -0.3 is 5.32 Å². The molecule has 0 amide bonds. The lowest BCUT2D eigenvalue weighted by Gasteiger charge is -2.17. The molecule has 0 bridgehead atoms. The molecular weight excluding hydrogens is 206 g/mol. The third-order valence-corrected chi connectivity index (χ3v) is 3.31. The van der Waals surface area contributed by atoms with E-state index in [1.54, 1.807) is 0 Å². The second kappa shape index (κ2) is 6.68. The molecule has 0 aromatic heterocycles. The van der Waals surface area contributed by atoms with Crippen LogP contribution in [0.1, 0.15) is 51.7 Å². The first-order valence-corrected chi connectivity index (χ1v) is 6.89. The highest BCUT2D eigenvalue weighted by molar-refractivity contribution is 5.48. The number of hydrogen-bond acceptors (Lipinski definition) is 1. The van der Waals surface area contributed by atoms with Crippen LogP contribution in [0.25, 0.3) is 0 Å². The quantitative estimate of drug-likeness (QED) is 0.744. The lowest BCUT2D eigenvalue weighted by molar-refractivity contribution is 0.527. The molecule has 0 fully saturated rings. The normalized spacial score (nSPS) is 12.8. The standard InChI is InChI=1S/C16H27N/c1-6-15-9-10-16(11-13(15)4)17-14(5)8-7-12(2)3/h9-12,14,17H,6-8H2,1-5H3. The van der Waals surface area contributed by atoms with Gasteiger partial charge in [-0.3, -0.25) is 0 Å². The molecule has 1 heteroatoms. The Morgan fingerprint density at radius 3 is 2.35 bits per heavy atom. The fourth-order valence-corrected chi connectivity index (χ4v) is 2.12. The Labute approximate surface area is 107 Å². The average molecular weight is 233 g/mol. The van der Waals surface area contributed by atoms with Gasteiger partial charge in [-0.1, -0.05) is 26.8 Å². The molecule has 0 aliphatic heterocycles. The van der Waals surface area contributed by atoms with E-state index >= 15 is 0 Å². The van der Waals surface area contributed by atoms with E-state index < -0.39 is 0 Å². The second-order valence-corrected chi connectivity index (χ2v) is 5.51. The van der Waals surface area contributed by atoms with Crippen molar-refractivity contribution < 1.29 is 0 Å². The Morgan fingerprint density at radius 2 is 1.82 bits per heavy atom. The van der Waals surface area contributed by atoms with Crippen molar-refractivity contribution in [2.45, 2.75) is 59.9 Å². The zero-order chi connectivity index (χ0) is 12.8. The topological polar surface area (TPSA) is 12.0 Å². The molecular formula is C16H27N. The Hall–Kier alpha value is -0.980. The van der Waals surface area contributed by atoms with Gasteiger partial charge in [0.05, 0.1) is 0 Å². The van der Waals surface area contributed by atoms with Crippen LogP contribution in [0.2, 0.25) is 0 Å². The first-order valence-electron chi connectivity index (χ1n) is 6.89. The summed E-state index contributed by atoms with van der Waals surface area (Å²) in [5.74, 6) is 0.795. The van der Waals surface area contributed by atoms with Gasteiger partial charge in [0, 0.05) is 11.7 Å². The van der Waals surface area contributed by atoms with Gasteiger partial charge in [0.15, 0.2) is 0 Å². The highest BCUT2D eigenvalue weighted by Gasteiger charge is 2.04. The van der Waals surface area contributed by atoms with E-state index in [0.29, 0.717) is 6.04 Å². The van der Waals surface area contributed by atoms with Crippen LogP contribution in [0.3, 0.4) is 0 Å². The molecule has 0 saturated heterocycles. The minimum Gasteiger partial charge on any atom is -0.383 e. The number of rotatable bonds is 6. The van der Waals surface area contributed by atoms with Crippen molar-refractivity contribution in [3.63, 3.8) is 0 Å². The molecule has 0 saturated carbocycles. The van der Waals surface area contributed by atoms with Gasteiger partial charge >= 0.3 is 0 Å². The third-order valence-electron chi connectivity index (χ3n) is 3.31. The van der Waals surface area contributed by atoms with Crippen molar-refractivity contribution in [3.05, 3.63) is 29.3 Å². The van der Waals surface area contributed by atoms with Gasteiger partial charge in [0.2, 0.25) is 0 Å². The van der Waals surface area contributed by atoms with Gasteiger partial charge in [-0.05, 0) is 62.3 Å². The molecule has 1 aromatic rings. The fraction of sp³-hybridized carbons (Fsp3) is 0.625. The van der Waals surface area contributed by atoms with Crippen molar-refractivity contribution in [3.8, 4) is 0 Å². The van der Waals surface area contributed by atoms with E-state index in [-0.39, 0.29) is 0 Å². The van der Waals surface area contributed by atoms with E-state index in [1.807, 2.05) is 0 Å². The Kier molecular flexibility index (Phi) is 5.54.